The largest absolute Gasteiger partial charge is 0.497 e. The second-order valence-electron chi connectivity index (χ2n) is 8.63. The molecule has 1 saturated heterocycles. The Labute approximate surface area is 176 Å². The van der Waals surface area contributed by atoms with E-state index in [0.717, 1.165) is 5.39 Å². The highest BCUT2D eigenvalue weighted by Gasteiger charge is 2.30. The number of carbonyl (C=O) groups excluding carboxylic acids is 1. The second-order valence-corrected chi connectivity index (χ2v) is 8.63. The summed E-state index contributed by atoms with van der Waals surface area (Å²) in [7, 11) is 1.57. The number of aliphatic hydroxyl groups is 1. The minimum absolute atomic E-state index is 0.349. The fourth-order valence-electron chi connectivity index (χ4n) is 3.68. The monoisotopic (exact) mass is 419 g/mol. The predicted octanol–water partition coefficient (Wildman–Crippen LogP) is 2.88. The van der Waals surface area contributed by atoms with Crippen LogP contribution in [0.15, 0.2) is 24.4 Å². The topological polar surface area (TPSA) is 83.9 Å². The normalized spacial score (nSPS) is 20.2. The van der Waals surface area contributed by atoms with Gasteiger partial charge in [-0.3, -0.25) is 4.98 Å². The summed E-state index contributed by atoms with van der Waals surface area (Å²) < 4.78 is 25.0. The number of β-amino-alcohol motifs (C(OH)–C–C–N with tert-alkyl or cyclic N) is 1. The van der Waals surface area contributed by atoms with Gasteiger partial charge < -0.3 is 24.8 Å². The van der Waals surface area contributed by atoms with E-state index in [4.69, 9.17) is 9.47 Å². The molecular formula is C22H30FN3O4. The molecule has 0 aliphatic carbocycles. The Morgan fingerprint density at radius 3 is 2.83 bits per heavy atom. The first-order valence-electron chi connectivity index (χ1n) is 10.2. The van der Waals surface area contributed by atoms with Crippen molar-refractivity contribution in [3.8, 4) is 5.75 Å². The number of aromatic nitrogens is 1. The van der Waals surface area contributed by atoms with Gasteiger partial charge in [-0.1, -0.05) is 0 Å². The van der Waals surface area contributed by atoms with Crippen LogP contribution in [0, 0.1) is 5.82 Å². The molecule has 2 aromatic rings. The highest BCUT2D eigenvalue weighted by molar-refractivity contribution is 5.83. The van der Waals surface area contributed by atoms with Crippen LogP contribution >= 0.6 is 0 Å². The van der Waals surface area contributed by atoms with Crippen LogP contribution in [0.1, 0.15) is 32.8 Å². The van der Waals surface area contributed by atoms with Gasteiger partial charge in [0.1, 0.15) is 17.2 Å². The maximum atomic E-state index is 14.5. The van der Waals surface area contributed by atoms with Crippen molar-refractivity contribution in [2.75, 3.05) is 26.7 Å². The van der Waals surface area contributed by atoms with E-state index in [1.165, 1.54) is 6.20 Å². The van der Waals surface area contributed by atoms with E-state index in [9.17, 15) is 14.3 Å². The van der Waals surface area contributed by atoms with Crippen LogP contribution < -0.4 is 10.1 Å². The van der Waals surface area contributed by atoms with E-state index in [2.05, 4.69) is 15.2 Å². The Bertz CT molecular complexity index is 900. The van der Waals surface area contributed by atoms with Gasteiger partial charge in [-0.15, -0.1) is 0 Å². The van der Waals surface area contributed by atoms with E-state index in [1.807, 2.05) is 6.07 Å². The Morgan fingerprint density at radius 1 is 1.40 bits per heavy atom. The number of piperidine rings is 1. The Morgan fingerprint density at radius 2 is 2.17 bits per heavy atom. The summed E-state index contributed by atoms with van der Waals surface area (Å²) in [6.07, 6.45) is 1.07. The zero-order valence-corrected chi connectivity index (χ0v) is 17.9. The van der Waals surface area contributed by atoms with E-state index in [0.29, 0.717) is 49.3 Å². The number of hydrogen-bond acceptors (Lipinski definition) is 6. The van der Waals surface area contributed by atoms with Crippen LogP contribution in [0.2, 0.25) is 0 Å². The minimum atomic E-state index is -0.717. The third-order valence-corrected chi connectivity index (χ3v) is 5.18. The molecule has 1 aliphatic heterocycles. The lowest BCUT2D eigenvalue weighted by Crippen LogP contribution is -2.54. The van der Waals surface area contributed by atoms with Gasteiger partial charge in [0.25, 0.3) is 0 Å². The van der Waals surface area contributed by atoms with Crippen LogP contribution in [-0.4, -0.2) is 65.6 Å². The quantitative estimate of drug-likeness (QED) is 0.775. The van der Waals surface area contributed by atoms with Gasteiger partial charge in [0, 0.05) is 30.6 Å². The van der Waals surface area contributed by atoms with Crippen molar-refractivity contribution in [3.63, 3.8) is 0 Å². The van der Waals surface area contributed by atoms with Gasteiger partial charge in [0.2, 0.25) is 0 Å². The van der Waals surface area contributed by atoms with Gasteiger partial charge in [-0.05, 0) is 51.8 Å². The number of amides is 1. The van der Waals surface area contributed by atoms with Crippen molar-refractivity contribution in [1.82, 2.24) is 15.2 Å². The number of hydrogen-bond donors (Lipinski definition) is 2. The minimum Gasteiger partial charge on any atom is -0.497 e. The molecular weight excluding hydrogens is 389 g/mol. The molecule has 30 heavy (non-hydrogen) atoms. The number of nitrogens with zero attached hydrogens (tertiary/aromatic N) is 2. The number of benzene rings is 1. The van der Waals surface area contributed by atoms with Crippen LogP contribution in [-0.2, 0) is 11.2 Å². The third kappa shape index (κ3) is 5.58. The molecule has 0 unspecified atom stereocenters. The van der Waals surface area contributed by atoms with Crippen LogP contribution in [0.5, 0.6) is 5.75 Å². The molecule has 2 heterocycles. The Kier molecular flexibility index (Phi) is 6.77. The lowest BCUT2D eigenvalue weighted by Gasteiger charge is -2.36. The molecule has 0 saturated carbocycles. The van der Waals surface area contributed by atoms with E-state index in [-0.39, 0.29) is 11.9 Å². The summed E-state index contributed by atoms with van der Waals surface area (Å²) in [6.45, 7) is 7.05. The average molecular weight is 419 g/mol. The number of carbonyl (C=O) groups is 1. The second kappa shape index (κ2) is 9.14. The van der Waals surface area contributed by atoms with Crippen molar-refractivity contribution in [2.24, 2.45) is 0 Å². The number of likely N-dealkylation sites (tertiary alicyclic amines) is 1. The Balaban J connectivity index is 1.60. The fourth-order valence-corrected chi connectivity index (χ4v) is 3.68. The van der Waals surface area contributed by atoms with E-state index >= 15 is 0 Å². The molecule has 1 aromatic carbocycles. The van der Waals surface area contributed by atoms with Crippen LogP contribution in [0.4, 0.5) is 9.18 Å². The van der Waals surface area contributed by atoms with Gasteiger partial charge in [-0.25, -0.2) is 9.18 Å². The summed E-state index contributed by atoms with van der Waals surface area (Å²) in [4.78, 5) is 18.2. The molecule has 2 atom stereocenters. The molecule has 1 fully saturated rings. The van der Waals surface area contributed by atoms with Crippen LogP contribution in [0.25, 0.3) is 10.9 Å². The maximum Gasteiger partial charge on any atom is 0.407 e. The number of alkyl carbamates (subject to hydrolysis) is 1. The first-order chi connectivity index (χ1) is 14.2. The fraction of sp³-hybridized carbons (Fsp3) is 0.545. The first-order valence-corrected chi connectivity index (χ1v) is 10.2. The van der Waals surface area contributed by atoms with Crippen molar-refractivity contribution >= 4 is 17.0 Å². The third-order valence-electron chi connectivity index (χ3n) is 5.18. The van der Waals surface area contributed by atoms with Crippen molar-refractivity contribution in [3.05, 3.63) is 35.8 Å². The Hall–Kier alpha value is -2.45. The number of ether oxygens (including phenoxy) is 2. The zero-order valence-electron chi connectivity index (χ0n) is 17.9. The molecule has 7 nitrogen and oxygen atoms in total. The van der Waals surface area contributed by atoms with Crippen LogP contribution in [0.3, 0.4) is 0 Å². The predicted molar refractivity (Wildman–Crippen MR) is 112 cm³/mol. The molecule has 164 valence electrons. The van der Waals surface area contributed by atoms with Crippen molar-refractivity contribution in [1.29, 1.82) is 0 Å². The number of halogens is 1. The molecule has 0 bridgehead atoms. The molecule has 1 amide bonds. The summed E-state index contributed by atoms with van der Waals surface area (Å²) >= 11 is 0. The maximum absolute atomic E-state index is 14.5. The summed E-state index contributed by atoms with van der Waals surface area (Å²) in [5, 5.41) is 13.9. The lowest BCUT2D eigenvalue weighted by molar-refractivity contribution is 0.0203. The van der Waals surface area contributed by atoms with Gasteiger partial charge in [0.15, 0.2) is 0 Å². The number of pyridine rings is 1. The average Bonchev–Trinajstić information content (AvgIpc) is 2.67. The summed E-state index contributed by atoms with van der Waals surface area (Å²) in [5.74, 6) is 0.304. The summed E-state index contributed by atoms with van der Waals surface area (Å²) in [6, 6.07) is 5.05. The highest BCUT2D eigenvalue weighted by Crippen LogP contribution is 2.25. The number of rotatable bonds is 5. The molecule has 8 heteroatoms. The highest BCUT2D eigenvalue weighted by atomic mass is 19.1. The first kappa shape index (κ1) is 22.2. The number of fused-ring (bicyclic) bond motifs is 1. The molecule has 2 N–H and O–H groups in total. The number of methoxy groups -OCH3 is 1. The van der Waals surface area contributed by atoms with Crippen molar-refractivity contribution < 1.29 is 23.8 Å². The van der Waals surface area contributed by atoms with E-state index < -0.39 is 17.8 Å². The smallest absolute Gasteiger partial charge is 0.407 e. The van der Waals surface area contributed by atoms with Gasteiger partial charge >= 0.3 is 6.09 Å². The number of nitrogens with one attached hydrogen (secondary N) is 1. The molecule has 3 rings (SSSR count). The molecule has 0 spiro atoms. The number of aliphatic hydroxyl groups excluding tert-OH is 1. The molecule has 0 radical (unpaired) electrons. The summed E-state index contributed by atoms with van der Waals surface area (Å²) in [5.41, 5.74) is 0.713. The van der Waals surface area contributed by atoms with Gasteiger partial charge in [-0.2, -0.15) is 0 Å². The SMILES string of the molecule is COc1ccc2ncc(F)c(CCN3CC[C@H](NC(=O)OC(C)(C)C)[C@H](O)C3)c2c1. The molecule has 1 aliphatic rings. The zero-order chi connectivity index (χ0) is 21.9. The standard InChI is InChI=1S/C22H30FN3O4/c1-22(2,3)30-21(28)25-19-8-10-26(13-20(19)27)9-7-15-16-11-14(29-4)5-6-18(16)24-12-17(15)23/h5-6,11-12,19-20,27H,7-10,13H2,1-4H3,(H,25,28)/t19-,20+/m0/s1. The van der Waals surface area contributed by atoms with E-state index in [1.54, 1.807) is 40.0 Å². The lowest BCUT2D eigenvalue weighted by atomic mass is 10.0. The van der Waals surface area contributed by atoms with Gasteiger partial charge in [0.05, 0.1) is 31.0 Å². The molecule has 1 aromatic heterocycles. The van der Waals surface area contributed by atoms with Crippen molar-refractivity contribution in [2.45, 2.75) is 51.4 Å².